The number of aryl methyl sites for hydroxylation is 2. The van der Waals surface area contributed by atoms with Gasteiger partial charge in [0.25, 0.3) is 5.56 Å². The van der Waals surface area contributed by atoms with Crippen LogP contribution in [0.2, 0.25) is 0 Å². The summed E-state index contributed by atoms with van der Waals surface area (Å²) in [5.74, 6) is 2.36. The van der Waals surface area contributed by atoms with Gasteiger partial charge in [-0.1, -0.05) is 35.7 Å². The van der Waals surface area contributed by atoms with Gasteiger partial charge in [0, 0.05) is 24.2 Å². The van der Waals surface area contributed by atoms with Crippen LogP contribution in [-0.2, 0) is 17.8 Å². The number of aromatic amines is 2. The molecule has 1 aromatic heterocycles. The number of benzene rings is 1. The molecule has 2 rings (SSSR count). The zero-order valence-electron chi connectivity index (χ0n) is 14.4. The van der Waals surface area contributed by atoms with Crippen molar-refractivity contribution in [3.63, 3.8) is 0 Å². The van der Waals surface area contributed by atoms with Gasteiger partial charge in [0.1, 0.15) is 0 Å². The Bertz CT molecular complexity index is 901. The van der Waals surface area contributed by atoms with Gasteiger partial charge in [-0.05, 0) is 25.8 Å². The maximum Gasteiger partial charge on any atom is 0.325 e. The first-order chi connectivity index (χ1) is 11.9. The molecule has 130 valence electrons. The first kappa shape index (κ1) is 18.3. The van der Waals surface area contributed by atoms with E-state index in [2.05, 4.69) is 15.9 Å². The molecule has 0 bridgehead atoms. The molecule has 2 aromatic rings. The highest BCUT2D eigenvalue weighted by Crippen LogP contribution is 2.09. The number of nitrogens with one attached hydrogen (secondary N) is 2. The molecule has 0 aliphatic rings. The highest BCUT2D eigenvalue weighted by atomic mass is 16.2. The molecule has 0 saturated carbocycles. The molecule has 0 saturated heterocycles. The number of carbonyl (C=O) groups is 1. The average Bonchev–Trinajstić information content (AvgIpc) is 2.55. The second-order valence-electron chi connectivity index (χ2n) is 5.95. The van der Waals surface area contributed by atoms with Crippen molar-refractivity contribution in [2.45, 2.75) is 33.2 Å². The minimum Gasteiger partial charge on any atom is -0.327 e. The lowest BCUT2D eigenvalue weighted by atomic mass is 10.1. The Morgan fingerprint density at radius 3 is 2.44 bits per heavy atom. The molecule has 25 heavy (non-hydrogen) atoms. The quantitative estimate of drug-likeness (QED) is 0.777. The number of amides is 1. The third-order valence-corrected chi connectivity index (χ3v) is 3.97. The summed E-state index contributed by atoms with van der Waals surface area (Å²) >= 11 is 0. The molecule has 0 aliphatic carbocycles. The molecule has 0 fully saturated rings. The lowest BCUT2D eigenvalue weighted by molar-refractivity contribution is -0.131. The molecule has 6 heteroatoms. The van der Waals surface area contributed by atoms with Crippen molar-refractivity contribution in [3.8, 4) is 12.3 Å². The third-order valence-electron chi connectivity index (χ3n) is 3.97. The summed E-state index contributed by atoms with van der Waals surface area (Å²) in [5.41, 5.74) is 2.01. The Kier molecular flexibility index (Phi) is 5.96. The second kappa shape index (κ2) is 8.15. The van der Waals surface area contributed by atoms with Crippen LogP contribution in [0.25, 0.3) is 0 Å². The van der Waals surface area contributed by atoms with Crippen LogP contribution in [0.15, 0.2) is 33.9 Å². The summed E-state index contributed by atoms with van der Waals surface area (Å²) in [6.45, 7) is 4.26. The van der Waals surface area contributed by atoms with E-state index in [4.69, 9.17) is 6.42 Å². The fourth-order valence-electron chi connectivity index (χ4n) is 2.57. The van der Waals surface area contributed by atoms with Crippen LogP contribution in [-0.4, -0.2) is 27.3 Å². The van der Waals surface area contributed by atoms with Crippen LogP contribution < -0.4 is 11.2 Å². The molecule has 0 aliphatic heterocycles. The van der Waals surface area contributed by atoms with Gasteiger partial charge in [-0.15, -0.1) is 6.42 Å². The maximum atomic E-state index is 12.5. The Morgan fingerprint density at radius 2 is 1.84 bits per heavy atom. The molecule has 0 radical (unpaired) electrons. The van der Waals surface area contributed by atoms with E-state index in [1.807, 2.05) is 31.2 Å². The SMILES string of the molecule is C#CCN(Cc1ccc(C)cc1)C(=O)CCc1c(C)[nH]c(=O)[nH]c1=O. The molecule has 0 unspecified atom stereocenters. The van der Waals surface area contributed by atoms with E-state index in [-0.39, 0.29) is 25.3 Å². The summed E-state index contributed by atoms with van der Waals surface area (Å²) in [7, 11) is 0. The standard InChI is InChI=1S/C19H21N3O3/c1-4-11-22(12-15-7-5-13(2)6-8-15)17(23)10-9-16-14(3)20-19(25)21-18(16)24/h1,5-8H,9-12H2,2-3H3,(H2,20,21,24,25). The summed E-state index contributed by atoms with van der Waals surface area (Å²) in [5, 5.41) is 0. The lowest BCUT2D eigenvalue weighted by Gasteiger charge is -2.20. The number of hydrogen-bond acceptors (Lipinski definition) is 3. The Balaban J connectivity index is 2.08. The monoisotopic (exact) mass is 339 g/mol. The van der Waals surface area contributed by atoms with Gasteiger partial charge in [0.05, 0.1) is 6.54 Å². The number of aromatic nitrogens is 2. The summed E-state index contributed by atoms with van der Waals surface area (Å²) in [6, 6.07) is 7.89. The van der Waals surface area contributed by atoms with Crippen LogP contribution in [0.1, 0.15) is 28.8 Å². The molecule has 6 nitrogen and oxygen atoms in total. The van der Waals surface area contributed by atoms with Gasteiger partial charge in [0.15, 0.2) is 0 Å². The predicted molar refractivity (Wildman–Crippen MR) is 96.2 cm³/mol. The van der Waals surface area contributed by atoms with Gasteiger partial charge >= 0.3 is 5.69 Å². The molecule has 0 spiro atoms. The van der Waals surface area contributed by atoms with E-state index in [9.17, 15) is 14.4 Å². The van der Waals surface area contributed by atoms with Crippen molar-refractivity contribution in [2.24, 2.45) is 0 Å². The van der Waals surface area contributed by atoms with Crippen molar-refractivity contribution in [1.82, 2.24) is 14.9 Å². The average molecular weight is 339 g/mol. The number of carbonyl (C=O) groups excluding carboxylic acids is 1. The third kappa shape index (κ3) is 4.95. The molecule has 1 aromatic carbocycles. The van der Waals surface area contributed by atoms with Crippen molar-refractivity contribution in [2.75, 3.05) is 6.54 Å². The van der Waals surface area contributed by atoms with E-state index >= 15 is 0 Å². The van der Waals surface area contributed by atoms with E-state index in [0.29, 0.717) is 17.8 Å². The number of H-pyrrole nitrogens is 2. The van der Waals surface area contributed by atoms with Gasteiger partial charge in [-0.25, -0.2) is 4.79 Å². The van der Waals surface area contributed by atoms with E-state index in [1.165, 1.54) is 0 Å². The van der Waals surface area contributed by atoms with Crippen LogP contribution in [0.3, 0.4) is 0 Å². The van der Waals surface area contributed by atoms with Crippen LogP contribution in [0.4, 0.5) is 0 Å². The zero-order valence-corrected chi connectivity index (χ0v) is 14.4. The van der Waals surface area contributed by atoms with Crippen molar-refractivity contribution < 1.29 is 4.79 Å². The maximum absolute atomic E-state index is 12.5. The van der Waals surface area contributed by atoms with Gasteiger partial charge in [0.2, 0.25) is 5.91 Å². The first-order valence-corrected chi connectivity index (χ1v) is 7.99. The molecular weight excluding hydrogens is 318 g/mol. The second-order valence-corrected chi connectivity index (χ2v) is 5.95. The van der Waals surface area contributed by atoms with Gasteiger partial charge < -0.3 is 9.88 Å². The molecular formula is C19H21N3O3. The summed E-state index contributed by atoms with van der Waals surface area (Å²) < 4.78 is 0. The largest absolute Gasteiger partial charge is 0.327 e. The fraction of sp³-hybridized carbons (Fsp3) is 0.316. The number of terminal acetylenes is 1. The minimum absolute atomic E-state index is 0.136. The number of hydrogen-bond donors (Lipinski definition) is 2. The smallest absolute Gasteiger partial charge is 0.325 e. The molecule has 1 amide bonds. The Morgan fingerprint density at radius 1 is 1.16 bits per heavy atom. The highest BCUT2D eigenvalue weighted by Gasteiger charge is 2.15. The van der Waals surface area contributed by atoms with Crippen molar-refractivity contribution in [3.05, 3.63) is 67.5 Å². The van der Waals surface area contributed by atoms with Crippen LogP contribution in [0.5, 0.6) is 0 Å². The summed E-state index contributed by atoms with van der Waals surface area (Å²) in [4.78, 5) is 41.9. The topological polar surface area (TPSA) is 86.0 Å². The number of nitrogens with zero attached hydrogens (tertiary/aromatic N) is 1. The van der Waals surface area contributed by atoms with E-state index in [1.54, 1.807) is 11.8 Å². The lowest BCUT2D eigenvalue weighted by Crippen LogP contribution is -2.32. The van der Waals surface area contributed by atoms with Crippen LogP contribution >= 0.6 is 0 Å². The normalized spacial score (nSPS) is 10.3. The summed E-state index contributed by atoms with van der Waals surface area (Å²) in [6.07, 6.45) is 5.76. The molecule has 2 N–H and O–H groups in total. The van der Waals surface area contributed by atoms with Crippen LogP contribution in [0, 0.1) is 26.2 Å². The highest BCUT2D eigenvalue weighted by molar-refractivity contribution is 5.76. The first-order valence-electron chi connectivity index (χ1n) is 7.99. The zero-order chi connectivity index (χ0) is 18.4. The van der Waals surface area contributed by atoms with Crippen molar-refractivity contribution in [1.29, 1.82) is 0 Å². The molecule has 1 heterocycles. The Labute approximate surface area is 145 Å². The minimum atomic E-state index is -0.550. The van der Waals surface area contributed by atoms with Crippen molar-refractivity contribution >= 4 is 5.91 Å². The molecule has 0 atom stereocenters. The van der Waals surface area contributed by atoms with Gasteiger partial charge in [-0.3, -0.25) is 14.6 Å². The Hall–Kier alpha value is -3.07. The number of rotatable bonds is 6. The predicted octanol–water partition coefficient (Wildman–Crippen LogP) is 1.27. The van der Waals surface area contributed by atoms with Gasteiger partial charge in [-0.2, -0.15) is 0 Å². The van der Waals surface area contributed by atoms with E-state index < -0.39 is 11.2 Å². The van der Waals surface area contributed by atoms with E-state index in [0.717, 1.165) is 11.1 Å². The fourth-order valence-corrected chi connectivity index (χ4v) is 2.57.